The Morgan fingerprint density at radius 3 is 2.86 bits per heavy atom. The smallest absolute Gasteiger partial charge is 0.244 e. The lowest BCUT2D eigenvalue weighted by Crippen LogP contribution is -2.41. The van der Waals surface area contributed by atoms with Crippen molar-refractivity contribution in [2.75, 3.05) is 32.8 Å². The highest BCUT2D eigenvalue weighted by Gasteiger charge is 2.19. The molecule has 156 valence electrons. The summed E-state index contributed by atoms with van der Waals surface area (Å²) in [6, 6.07) is 12.1. The predicted molar refractivity (Wildman–Crippen MR) is 113 cm³/mol. The monoisotopic (exact) mass is 398 g/mol. The van der Waals surface area contributed by atoms with Gasteiger partial charge in [0.25, 0.3) is 0 Å². The molecule has 0 radical (unpaired) electrons. The minimum absolute atomic E-state index is 0.0542. The lowest BCUT2D eigenvalue weighted by atomic mass is 10.00. The summed E-state index contributed by atoms with van der Waals surface area (Å²) in [5.74, 6) is 1.54. The van der Waals surface area contributed by atoms with Gasteiger partial charge in [-0.05, 0) is 43.0 Å². The van der Waals surface area contributed by atoms with E-state index in [0.717, 1.165) is 38.2 Å². The SMILES string of the molecule is CCNC(=NCC(=O)N1CCc2ccccc2C1)NCCCOCc1ccco1. The maximum Gasteiger partial charge on any atom is 0.244 e. The zero-order valence-corrected chi connectivity index (χ0v) is 17.0. The largest absolute Gasteiger partial charge is 0.467 e. The second-order valence-corrected chi connectivity index (χ2v) is 6.94. The highest BCUT2D eigenvalue weighted by atomic mass is 16.5. The first-order valence-corrected chi connectivity index (χ1v) is 10.2. The van der Waals surface area contributed by atoms with Crippen molar-refractivity contribution >= 4 is 11.9 Å². The Morgan fingerprint density at radius 2 is 2.07 bits per heavy atom. The summed E-state index contributed by atoms with van der Waals surface area (Å²) in [4.78, 5) is 18.9. The number of rotatable bonds is 9. The molecule has 1 aliphatic heterocycles. The van der Waals surface area contributed by atoms with Gasteiger partial charge in [0, 0.05) is 32.8 Å². The molecule has 0 saturated carbocycles. The molecule has 2 aromatic rings. The van der Waals surface area contributed by atoms with Crippen LogP contribution < -0.4 is 10.6 Å². The fraction of sp³-hybridized carbons (Fsp3) is 0.455. The second-order valence-electron chi connectivity index (χ2n) is 6.94. The van der Waals surface area contributed by atoms with Crippen molar-refractivity contribution in [3.8, 4) is 0 Å². The number of nitrogens with one attached hydrogen (secondary N) is 2. The van der Waals surface area contributed by atoms with Gasteiger partial charge < -0.3 is 24.7 Å². The first-order chi connectivity index (χ1) is 14.3. The second kappa shape index (κ2) is 11.3. The highest BCUT2D eigenvalue weighted by molar-refractivity contribution is 5.85. The Labute approximate surface area is 172 Å². The third-order valence-electron chi connectivity index (χ3n) is 4.78. The molecule has 0 unspecified atom stereocenters. The zero-order chi connectivity index (χ0) is 20.3. The van der Waals surface area contributed by atoms with E-state index >= 15 is 0 Å². The number of aliphatic imine (C=N–C) groups is 1. The first kappa shape index (κ1) is 20.9. The average Bonchev–Trinajstić information content (AvgIpc) is 3.27. The molecule has 3 rings (SSSR count). The lowest BCUT2D eigenvalue weighted by Gasteiger charge is -2.28. The average molecular weight is 399 g/mol. The van der Waals surface area contributed by atoms with E-state index in [9.17, 15) is 4.79 Å². The molecule has 0 bridgehead atoms. The van der Waals surface area contributed by atoms with Crippen LogP contribution in [0.25, 0.3) is 0 Å². The van der Waals surface area contributed by atoms with E-state index < -0.39 is 0 Å². The van der Waals surface area contributed by atoms with Gasteiger partial charge in [0.2, 0.25) is 5.91 Å². The number of guanidine groups is 1. The maximum atomic E-state index is 12.6. The number of furan rings is 1. The molecule has 0 fully saturated rings. The molecule has 1 amide bonds. The fourth-order valence-corrected chi connectivity index (χ4v) is 3.25. The molecule has 2 heterocycles. The van der Waals surface area contributed by atoms with Gasteiger partial charge in [0.15, 0.2) is 5.96 Å². The van der Waals surface area contributed by atoms with Crippen molar-refractivity contribution in [1.82, 2.24) is 15.5 Å². The summed E-state index contributed by atoms with van der Waals surface area (Å²) in [7, 11) is 0. The minimum atomic E-state index is 0.0542. The van der Waals surface area contributed by atoms with Gasteiger partial charge in [0.05, 0.1) is 6.26 Å². The molecular weight excluding hydrogens is 368 g/mol. The topological polar surface area (TPSA) is 79.1 Å². The molecule has 0 spiro atoms. The summed E-state index contributed by atoms with van der Waals surface area (Å²) in [5.41, 5.74) is 2.57. The van der Waals surface area contributed by atoms with Crippen LogP contribution in [0.5, 0.6) is 0 Å². The maximum absolute atomic E-state index is 12.6. The summed E-state index contributed by atoms with van der Waals surface area (Å²) in [5, 5.41) is 6.44. The van der Waals surface area contributed by atoms with Crippen molar-refractivity contribution in [1.29, 1.82) is 0 Å². The molecule has 1 aromatic carbocycles. The Kier molecular flexibility index (Phi) is 8.12. The third kappa shape index (κ3) is 6.64. The minimum Gasteiger partial charge on any atom is -0.467 e. The van der Waals surface area contributed by atoms with Crippen LogP contribution in [0.4, 0.5) is 0 Å². The van der Waals surface area contributed by atoms with E-state index in [1.807, 2.05) is 30.0 Å². The summed E-state index contributed by atoms with van der Waals surface area (Å²) < 4.78 is 10.8. The number of amides is 1. The molecule has 1 aliphatic rings. The van der Waals surface area contributed by atoms with Crippen LogP contribution in [0.1, 0.15) is 30.2 Å². The van der Waals surface area contributed by atoms with Crippen molar-refractivity contribution in [2.45, 2.75) is 32.9 Å². The van der Waals surface area contributed by atoms with E-state index in [-0.39, 0.29) is 12.5 Å². The number of fused-ring (bicyclic) bond motifs is 1. The Morgan fingerprint density at radius 1 is 1.21 bits per heavy atom. The predicted octanol–water partition coefficient (Wildman–Crippen LogP) is 2.33. The van der Waals surface area contributed by atoms with E-state index in [1.165, 1.54) is 11.1 Å². The Bertz CT molecular complexity index is 789. The number of ether oxygens (including phenoxy) is 1. The molecule has 7 nitrogen and oxygen atoms in total. The van der Waals surface area contributed by atoms with Crippen LogP contribution in [0, 0.1) is 0 Å². The lowest BCUT2D eigenvalue weighted by molar-refractivity contribution is -0.130. The summed E-state index contributed by atoms with van der Waals surface area (Å²) in [6.07, 6.45) is 3.38. The van der Waals surface area contributed by atoms with Crippen LogP contribution >= 0.6 is 0 Å². The molecule has 7 heteroatoms. The molecular formula is C22H30N4O3. The number of benzene rings is 1. The number of nitrogens with zero attached hydrogens (tertiary/aromatic N) is 2. The molecule has 1 aromatic heterocycles. The Hall–Kier alpha value is -2.80. The van der Waals surface area contributed by atoms with Crippen LogP contribution in [0.3, 0.4) is 0 Å². The van der Waals surface area contributed by atoms with Crippen molar-refractivity contribution in [3.05, 3.63) is 59.5 Å². The van der Waals surface area contributed by atoms with E-state index in [0.29, 0.717) is 25.7 Å². The Balaban J connectivity index is 1.38. The normalized spacial score (nSPS) is 13.8. The zero-order valence-electron chi connectivity index (χ0n) is 17.0. The van der Waals surface area contributed by atoms with Gasteiger partial charge in [-0.15, -0.1) is 0 Å². The van der Waals surface area contributed by atoms with Gasteiger partial charge in [-0.2, -0.15) is 0 Å². The van der Waals surface area contributed by atoms with Crippen molar-refractivity contribution in [3.63, 3.8) is 0 Å². The van der Waals surface area contributed by atoms with Crippen LogP contribution in [0.15, 0.2) is 52.1 Å². The molecule has 0 atom stereocenters. The molecule has 2 N–H and O–H groups in total. The third-order valence-corrected chi connectivity index (χ3v) is 4.78. The van der Waals surface area contributed by atoms with E-state index in [2.05, 4.69) is 33.8 Å². The summed E-state index contributed by atoms with van der Waals surface area (Å²) >= 11 is 0. The fourth-order valence-electron chi connectivity index (χ4n) is 3.25. The molecule has 29 heavy (non-hydrogen) atoms. The van der Waals surface area contributed by atoms with Crippen molar-refractivity contribution in [2.24, 2.45) is 4.99 Å². The van der Waals surface area contributed by atoms with Gasteiger partial charge in [-0.3, -0.25) is 4.79 Å². The van der Waals surface area contributed by atoms with Crippen molar-refractivity contribution < 1.29 is 13.9 Å². The van der Waals surface area contributed by atoms with Gasteiger partial charge >= 0.3 is 0 Å². The van der Waals surface area contributed by atoms with E-state index in [1.54, 1.807) is 6.26 Å². The van der Waals surface area contributed by atoms with Crippen LogP contribution in [-0.4, -0.2) is 49.6 Å². The van der Waals surface area contributed by atoms with E-state index in [4.69, 9.17) is 9.15 Å². The van der Waals surface area contributed by atoms with Crippen LogP contribution in [0.2, 0.25) is 0 Å². The number of hydrogen-bond acceptors (Lipinski definition) is 4. The molecule has 0 aliphatic carbocycles. The first-order valence-electron chi connectivity index (χ1n) is 10.2. The summed E-state index contributed by atoms with van der Waals surface area (Å²) in [6.45, 7) is 6.14. The number of carbonyl (C=O) groups excluding carboxylic acids is 1. The molecule has 0 saturated heterocycles. The quantitative estimate of drug-likeness (QED) is 0.385. The van der Waals surface area contributed by atoms with Gasteiger partial charge in [-0.1, -0.05) is 24.3 Å². The van der Waals surface area contributed by atoms with Crippen LogP contribution in [-0.2, 0) is 29.1 Å². The standard InChI is InChI=1S/C22H30N4O3/c1-2-23-22(24-11-6-13-28-17-20-9-5-14-29-20)25-15-21(27)26-12-10-18-7-3-4-8-19(18)16-26/h3-5,7-9,14H,2,6,10-13,15-17H2,1H3,(H2,23,24,25). The van der Waals surface area contributed by atoms with Gasteiger partial charge in [0.1, 0.15) is 18.9 Å². The van der Waals surface area contributed by atoms with Gasteiger partial charge in [-0.25, -0.2) is 4.99 Å². The number of hydrogen-bond donors (Lipinski definition) is 2. The highest BCUT2D eigenvalue weighted by Crippen LogP contribution is 2.18. The number of carbonyl (C=O) groups is 1.